The maximum atomic E-state index is 11.8. The molecule has 31 heavy (non-hydrogen) atoms. The third-order valence-corrected chi connectivity index (χ3v) is 6.96. The van der Waals surface area contributed by atoms with Crippen LogP contribution in [-0.4, -0.2) is 24.4 Å². The molecule has 160 valence electrons. The molecule has 0 saturated heterocycles. The highest BCUT2D eigenvalue weighted by Gasteiger charge is 2.30. The average Bonchev–Trinajstić information content (AvgIpc) is 2.76. The van der Waals surface area contributed by atoms with Gasteiger partial charge >= 0.3 is 5.97 Å². The Balaban J connectivity index is 2.09. The highest BCUT2D eigenvalue weighted by molar-refractivity contribution is 7.99. The number of carboxylic acids is 1. The van der Waals surface area contributed by atoms with E-state index in [0.29, 0.717) is 0 Å². The largest absolute Gasteiger partial charge is 0.481 e. The van der Waals surface area contributed by atoms with Crippen molar-refractivity contribution in [3.8, 4) is 22.3 Å². The number of hydrogen-bond acceptors (Lipinski definition) is 4. The van der Waals surface area contributed by atoms with Crippen LogP contribution in [-0.2, 0) is 17.8 Å². The molecule has 0 spiro atoms. The van der Waals surface area contributed by atoms with Gasteiger partial charge in [-0.05, 0) is 71.8 Å². The molecule has 0 amide bonds. The number of fused-ring (bicyclic) bond motifs is 3. The molecule has 0 atom stereocenters. The van der Waals surface area contributed by atoms with Crippen LogP contribution in [0.4, 0.5) is 11.4 Å². The molecule has 0 aromatic heterocycles. The van der Waals surface area contributed by atoms with Gasteiger partial charge in [0.05, 0.1) is 18.7 Å². The number of aliphatic carboxylic acids is 1. The van der Waals surface area contributed by atoms with Crippen LogP contribution < -0.4 is 9.62 Å². The molecule has 0 unspecified atom stereocenters. The van der Waals surface area contributed by atoms with Crippen LogP contribution >= 0.6 is 11.9 Å². The van der Waals surface area contributed by atoms with E-state index in [4.69, 9.17) is 0 Å². The summed E-state index contributed by atoms with van der Waals surface area (Å²) >= 11 is 1.69. The van der Waals surface area contributed by atoms with Gasteiger partial charge in [0.15, 0.2) is 0 Å². The molecule has 0 bridgehead atoms. The van der Waals surface area contributed by atoms with Crippen molar-refractivity contribution in [2.24, 2.45) is 0 Å². The molecule has 0 fully saturated rings. The summed E-state index contributed by atoms with van der Waals surface area (Å²) < 4.78 is 2.30. The van der Waals surface area contributed by atoms with Crippen molar-refractivity contribution < 1.29 is 9.90 Å². The first-order valence-corrected chi connectivity index (χ1v) is 11.6. The van der Waals surface area contributed by atoms with Gasteiger partial charge in [-0.15, -0.1) is 0 Å². The Kier molecular flexibility index (Phi) is 5.71. The number of benzene rings is 3. The van der Waals surface area contributed by atoms with E-state index in [1.54, 1.807) is 11.9 Å². The number of anilines is 2. The van der Waals surface area contributed by atoms with Crippen molar-refractivity contribution in [1.29, 1.82) is 0 Å². The summed E-state index contributed by atoms with van der Waals surface area (Å²) in [6.07, 6.45) is 2.09. The van der Waals surface area contributed by atoms with E-state index < -0.39 is 5.97 Å². The zero-order valence-electron chi connectivity index (χ0n) is 18.7. The number of carbonyl (C=O) groups is 1. The molecule has 3 aromatic carbocycles. The number of carboxylic acid groups (broad SMARTS) is 1. The van der Waals surface area contributed by atoms with E-state index >= 15 is 0 Å². The summed E-state index contributed by atoms with van der Waals surface area (Å²) in [4.78, 5) is 11.8. The number of rotatable bonds is 5. The monoisotopic (exact) mass is 432 g/mol. The summed E-state index contributed by atoms with van der Waals surface area (Å²) in [5.74, 6) is -0.804. The lowest BCUT2D eigenvalue weighted by atomic mass is 9.81. The fourth-order valence-corrected chi connectivity index (χ4v) is 5.36. The van der Waals surface area contributed by atoms with Gasteiger partial charge < -0.3 is 14.7 Å². The molecule has 1 heterocycles. The molecule has 4 nitrogen and oxygen atoms in total. The third kappa shape index (κ3) is 3.68. The van der Waals surface area contributed by atoms with Gasteiger partial charge in [0.25, 0.3) is 0 Å². The zero-order valence-corrected chi connectivity index (χ0v) is 19.5. The van der Waals surface area contributed by atoms with Gasteiger partial charge in [0.1, 0.15) is 0 Å². The maximum absolute atomic E-state index is 11.8. The summed E-state index contributed by atoms with van der Waals surface area (Å²) in [5, 5.41) is 13.0. The predicted molar refractivity (Wildman–Crippen MR) is 132 cm³/mol. The van der Waals surface area contributed by atoms with Crippen molar-refractivity contribution in [2.75, 3.05) is 22.9 Å². The lowest BCUT2D eigenvalue weighted by Crippen LogP contribution is -2.22. The number of nitrogens with one attached hydrogen (secondary N) is 1. The van der Waals surface area contributed by atoms with E-state index in [0.717, 1.165) is 45.7 Å². The van der Waals surface area contributed by atoms with Crippen molar-refractivity contribution in [3.63, 3.8) is 0 Å². The minimum absolute atomic E-state index is 0.0108. The van der Waals surface area contributed by atoms with Gasteiger partial charge in [0.2, 0.25) is 0 Å². The van der Waals surface area contributed by atoms with E-state index in [9.17, 15) is 9.90 Å². The molecule has 0 saturated carbocycles. The predicted octanol–water partition coefficient (Wildman–Crippen LogP) is 6.21. The lowest BCUT2D eigenvalue weighted by Gasteiger charge is -2.36. The van der Waals surface area contributed by atoms with Crippen LogP contribution in [0.2, 0.25) is 0 Å². The van der Waals surface area contributed by atoms with Gasteiger partial charge in [-0.2, -0.15) is 0 Å². The first-order chi connectivity index (χ1) is 14.8. The van der Waals surface area contributed by atoms with Gasteiger partial charge in [-0.1, -0.05) is 47.8 Å². The molecule has 2 N–H and O–H groups in total. The smallest absolute Gasteiger partial charge is 0.307 e. The van der Waals surface area contributed by atoms with Crippen LogP contribution in [0.25, 0.3) is 22.3 Å². The normalized spacial score (nSPS) is 12.4. The first-order valence-electron chi connectivity index (χ1n) is 10.4. The summed E-state index contributed by atoms with van der Waals surface area (Å²) in [6, 6.07) is 14.9. The van der Waals surface area contributed by atoms with Gasteiger partial charge in [-0.3, -0.25) is 4.79 Å². The van der Waals surface area contributed by atoms with E-state index in [1.165, 1.54) is 22.3 Å². The fourth-order valence-electron chi connectivity index (χ4n) is 4.68. The molecule has 4 rings (SSSR count). The topological polar surface area (TPSA) is 52.6 Å². The SMILES string of the molecule is CNc1ccc2c(c1)CN(SC)c1c(C)c(CC(=O)O)c(-c3ccc(C)cc3)c(C)c1-2. The second kappa shape index (κ2) is 8.31. The second-order valence-corrected chi connectivity index (χ2v) is 8.91. The van der Waals surface area contributed by atoms with Crippen LogP contribution in [0.3, 0.4) is 0 Å². The number of hydrogen-bond donors (Lipinski definition) is 2. The molecule has 1 aliphatic rings. The molecular formula is C26H28N2O2S. The Labute approximate surface area is 188 Å². The Hall–Kier alpha value is -2.92. The second-order valence-electron chi connectivity index (χ2n) is 8.10. The highest BCUT2D eigenvalue weighted by Crippen LogP contribution is 2.50. The van der Waals surface area contributed by atoms with Crippen molar-refractivity contribution >= 4 is 29.3 Å². The van der Waals surface area contributed by atoms with Crippen LogP contribution in [0, 0.1) is 20.8 Å². The zero-order chi connectivity index (χ0) is 22.3. The molecule has 5 heteroatoms. The molecule has 0 aliphatic carbocycles. The summed E-state index contributed by atoms with van der Waals surface area (Å²) in [6.45, 7) is 7.07. The molecule has 1 aliphatic heterocycles. The van der Waals surface area contributed by atoms with E-state index in [1.807, 2.05) is 7.05 Å². The summed E-state index contributed by atoms with van der Waals surface area (Å²) in [7, 11) is 1.94. The average molecular weight is 433 g/mol. The quantitative estimate of drug-likeness (QED) is 0.469. The van der Waals surface area contributed by atoms with Crippen LogP contribution in [0.1, 0.15) is 27.8 Å². The minimum atomic E-state index is -0.804. The molecular weight excluding hydrogens is 404 g/mol. The van der Waals surface area contributed by atoms with Crippen molar-refractivity contribution in [1.82, 2.24) is 0 Å². The third-order valence-electron chi connectivity index (χ3n) is 6.21. The van der Waals surface area contributed by atoms with E-state index in [-0.39, 0.29) is 6.42 Å². The Morgan fingerprint density at radius 3 is 2.39 bits per heavy atom. The maximum Gasteiger partial charge on any atom is 0.307 e. The van der Waals surface area contributed by atoms with Gasteiger partial charge in [0, 0.05) is 24.6 Å². The Morgan fingerprint density at radius 1 is 1.06 bits per heavy atom. The highest BCUT2D eigenvalue weighted by atomic mass is 32.2. The molecule has 3 aromatic rings. The standard InChI is InChI=1S/C26H28N2O2S/c1-15-6-8-18(9-7-15)24-17(3)25-21-11-10-20(27-4)12-19(21)14-28(31-5)26(25)16(2)22(24)13-23(29)30/h6-12,27H,13-14H2,1-5H3,(H,29,30). The van der Waals surface area contributed by atoms with Crippen molar-refractivity contribution in [2.45, 2.75) is 33.7 Å². The Morgan fingerprint density at radius 2 is 1.77 bits per heavy atom. The lowest BCUT2D eigenvalue weighted by molar-refractivity contribution is -0.136. The van der Waals surface area contributed by atoms with Crippen molar-refractivity contribution in [3.05, 3.63) is 70.3 Å². The van der Waals surface area contributed by atoms with Crippen LogP contribution in [0.15, 0.2) is 42.5 Å². The molecule has 0 radical (unpaired) electrons. The summed E-state index contributed by atoms with van der Waals surface area (Å²) in [5.41, 5.74) is 12.4. The minimum Gasteiger partial charge on any atom is -0.481 e. The first kappa shape index (κ1) is 21.3. The van der Waals surface area contributed by atoms with E-state index in [2.05, 4.69) is 79.1 Å². The van der Waals surface area contributed by atoms with Crippen LogP contribution in [0.5, 0.6) is 0 Å². The Bertz CT molecular complexity index is 1170. The van der Waals surface area contributed by atoms with Gasteiger partial charge in [-0.25, -0.2) is 0 Å². The number of aryl methyl sites for hydroxylation is 1. The number of nitrogens with zero attached hydrogens (tertiary/aromatic N) is 1. The fraction of sp³-hybridized carbons (Fsp3) is 0.269.